The lowest BCUT2D eigenvalue weighted by Crippen LogP contribution is -2.58. The number of hydrogen-bond donors (Lipinski definition) is 0. The molecule has 4 aliphatic carbocycles. The van der Waals surface area contributed by atoms with Crippen LogP contribution >= 0.6 is 23.5 Å². The zero-order chi connectivity index (χ0) is 21.3. The van der Waals surface area contributed by atoms with Crippen molar-refractivity contribution in [2.75, 3.05) is 11.5 Å². The Morgan fingerprint density at radius 1 is 1.00 bits per heavy atom. The molecule has 8 atom stereocenters. The summed E-state index contributed by atoms with van der Waals surface area (Å²) in [6.07, 6.45) is 8.84. The molecule has 0 radical (unpaired) electrons. The van der Waals surface area contributed by atoms with Crippen LogP contribution in [-0.2, 0) is 14.3 Å². The van der Waals surface area contributed by atoms with Crippen molar-refractivity contribution in [2.24, 2.45) is 40.4 Å². The molecule has 4 saturated carbocycles. The summed E-state index contributed by atoms with van der Waals surface area (Å²) in [6.45, 7) is 8.89. The van der Waals surface area contributed by atoms with Gasteiger partial charge in [-0.05, 0) is 86.4 Å². The Labute approximate surface area is 190 Å². The highest BCUT2D eigenvalue weighted by molar-refractivity contribution is 8.21. The van der Waals surface area contributed by atoms with Crippen LogP contribution in [0, 0.1) is 40.4 Å². The normalized spacial score (nSPS) is 49.8. The molecule has 5 rings (SSSR count). The standard InChI is InChI=1S/C25H38O3S2/c1-15(26)28-17-9-10-23(2)16(13-17)5-6-18-19-7-8-21(25(4)29-11-12-30-25)24(19,3)14-20(27)22(18)23/h16-19,21-22H,5-14H2,1-4H3/t16-,17-,18-,19+,21+,22-,23-,24-/m1/s1. The van der Waals surface area contributed by atoms with Gasteiger partial charge in [0.1, 0.15) is 11.9 Å². The van der Waals surface area contributed by atoms with Crippen LogP contribution in [0.5, 0.6) is 0 Å². The topological polar surface area (TPSA) is 43.4 Å². The van der Waals surface area contributed by atoms with Crippen LogP contribution in [0.25, 0.3) is 0 Å². The molecule has 5 aliphatic rings. The van der Waals surface area contributed by atoms with E-state index in [-0.39, 0.29) is 28.8 Å². The Hall–Kier alpha value is -0.160. The third-order valence-corrected chi connectivity index (χ3v) is 13.6. The smallest absolute Gasteiger partial charge is 0.302 e. The number of Topliss-reactive ketones (excluding diaryl/α,β-unsaturated/α-hetero) is 1. The van der Waals surface area contributed by atoms with E-state index >= 15 is 0 Å². The molecule has 30 heavy (non-hydrogen) atoms. The highest BCUT2D eigenvalue weighted by Gasteiger charge is 2.65. The maximum absolute atomic E-state index is 13.9. The van der Waals surface area contributed by atoms with Crippen LogP contribution in [0.3, 0.4) is 0 Å². The van der Waals surface area contributed by atoms with Gasteiger partial charge in [0.25, 0.3) is 0 Å². The van der Waals surface area contributed by atoms with Gasteiger partial charge in [-0.15, -0.1) is 23.5 Å². The molecule has 0 aromatic carbocycles. The van der Waals surface area contributed by atoms with Gasteiger partial charge in [-0.1, -0.05) is 13.8 Å². The fourth-order valence-electron chi connectivity index (χ4n) is 8.97. The Morgan fingerprint density at radius 2 is 1.73 bits per heavy atom. The molecule has 0 bridgehead atoms. The summed E-state index contributed by atoms with van der Waals surface area (Å²) in [4.78, 5) is 25.3. The molecule has 1 saturated heterocycles. The minimum absolute atomic E-state index is 0.0633. The number of ether oxygens (including phenoxy) is 1. The van der Waals surface area contributed by atoms with Crippen LogP contribution < -0.4 is 0 Å². The SMILES string of the molecule is CC(=O)O[C@@H]1CC[C@]2(C)[C@H](CC[C@@H]3[C@@H]4CC[C@H](C5(C)SCCS5)[C@]4(C)CC(=O)[C@@H]32)C1. The second-order valence-corrected chi connectivity index (χ2v) is 14.9. The first-order valence-corrected chi connectivity index (χ1v) is 14.1. The quantitative estimate of drug-likeness (QED) is 0.486. The monoisotopic (exact) mass is 450 g/mol. The van der Waals surface area contributed by atoms with E-state index in [1.165, 1.54) is 44.1 Å². The minimum Gasteiger partial charge on any atom is -0.463 e. The van der Waals surface area contributed by atoms with Crippen molar-refractivity contribution in [1.29, 1.82) is 0 Å². The Bertz CT molecular complexity index is 732. The van der Waals surface area contributed by atoms with E-state index in [9.17, 15) is 9.59 Å². The summed E-state index contributed by atoms with van der Waals surface area (Å²) in [5.74, 6) is 5.67. The highest BCUT2D eigenvalue weighted by atomic mass is 32.2. The number of rotatable bonds is 2. The number of carbonyl (C=O) groups excluding carboxylic acids is 2. The fraction of sp³-hybridized carbons (Fsp3) is 0.920. The van der Waals surface area contributed by atoms with Gasteiger partial charge in [0.2, 0.25) is 0 Å². The lowest BCUT2D eigenvalue weighted by Gasteiger charge is -2.60. The minimum atomic E-state index is -0.157. The maximum atomic E-state index is 13.9. The van der Waals surface area contributed by atoms with Crippen LogP contribution in [0.4, 0.5) is 0 Å². The van der Waals surface area contributed by atoms with Crippen molar-refractivity contribution in [3.63, 3.8) is 0 Å². The third kappa shape index (κ3) is 3.15. The average Bonchev–Trinajstić information content (AvgIpc) is 3.25. The number of carbonyl (C=O) groups is 2. The number of esters is 1. The third-order valence-electron chi connectivity index (χ3n) is 10.1. The first kappa shape index (κ1) is 21.7. The molecule has 3 nitrogen and oxygen atoms in total. The molecular weight excluding hydrogens is 412 g/mol. The van der Waals surface area contributed by atoms with Gasteiger partial charge < -0.3 is 4.74 Å². The van der Waals surface area contributed by atoms with E-state index in [0.717, 1.165) is 25.7 Å². The molecule has 0 aromatic rings. The molecule has 5 heteroatoms. The zero-order valence-corrected chi connectivity index (χ0v) is 20.7. The van der Waals surface area contributed by atoms with Gasteiger partial charge >= 0.3 is 5.97 Å². The van der Waals surface area contributed by atoms with E-state index in [1.54, 1.807) is 0 Å². The van der Waals surface area contributed by atoms with E-state index in [1.807, 2.05) is 0 Å². The van der Waals surface area contributed by atoms with Crippen molar-refractivity contribution >= 4 is 35.3 Å². The summed E-state index contributed by atoms with van der Waals surface area (Å²) in [5, 5.41) is 0. The largest absolute Gasteiger partial charge is 0.463 e. The highest BCUT2D eigenvalue weighted by Crippen LogP contribution is 2.70. The van der Waals surface area contributed by atoms with Gasteiger partial charge in [0, 0.05) is 30.8 Å². The van der Waals surface area contributed by atoms with Gasteiger partial charge in [0.05, 0.1) is 4.08 Å². The Kier molecular flexibility index (Phi) is 5.37. The van der Waals surface area contributed by atoms with Gasteiger partial charge in [0.15, 0.2) is 0 Å². The second-order valence-electron chi connectivity index (χ2n) is 11.5. The predicted octanol–water partition coefficient (Wildman–Crippen LogP) is 5.95. The molecule has 0 amide bonds. The lowest BCUT2D eigenvalue weighted by molar-refractivity contribution is -0.169. The molecule has 0 aromatic heterocycles. The number of ketones is 1. The van der Waals surface area contributed by atoms with Crippen molar-refractivity contribution in [3.8, 4) is 0 Å². The van der Waals surface area contributed by atoms with Crippen LogP contribution in [0.1, 0.15) is 79.1 Å². The summed E-state index contributed by atoms with van der Waals surface area (Å²) in [7, 11) is 0. The van der Waals surface area contributed by atoms with Gasteiger partial charge in [-0.25, -0.2) is 0 Å². The first-order valence-electron chi connectivity index (χ1n) is 12.2. The number of hydrogen-bond acceptors (Lipinski definition) is 5. The summed E-state index contributed by atoms with van der Waals surface area (Å²) < 4.78 is 5.89. The van der Waals surface area contributed by atoms with Crippen molar-refractivity contribution < 1.29 is 14.3 Å². The number of fused-ring (bicyclic) bond motifs is 5. The van der Waals surface area contributed by atoms with Crippen LogP contribution in [-0.4, -0.2) is 33.4 Å². The summed E-state index contributed by atoms with van der Waals surface area (Å²) in [5.41, 5.74) is 0.298. The van der Waals surface area contributed by atoms with Gasteiger partial charge in [-0.2, -0.15) is 0 Å². The molecule has 0 unspecified atom stereocenters. The summed E-state index contributed by atoms with van der Waals surface area (Å²) >= 11 is 4.32. The Morgan fingerprint density at radius 3 is 2.43 bits per heavy atom. The molecule has 0 spiro atoms. The molecule has 5 fully saturated rings. The molecule has 1 aliphatic heterocycles. The predicted molar refractivity (Wildman–Crippen MR) is 124 cm³/mol. The van der Waals surface area contributed by atoms with Crippen molar-refractivity contribution in [1.82, 2.24) is 0 Å². The van der Waals surface area contributed by atoms with Crippen molar-refractivity contribution in [3.05, 3.63) is 0 Å². The molecule has 1 heterocycles. The van der Waals surface area contributed by atoms with E-state index in [2.05, 4.69) is 44.3 Å². The number of thioether (sulfide) groups is 2. The molecule has 168 valence electrons. The fourth-order valence-corrected chi connectivity index (χ4v) is 12.5. The van der Waals surface area contributed by atoms with E-state index < -0.39 is 0 Å². The van der Waals surface area contributed by atoms with E-state index in [0.29, 0.717) is 33.5 Å². The Balaban J connectivity index is 1.40. The molecular formula is C25H38O3S2. The average molecular weight is 451 g/mol. The van der Waals surface area contributed by atoms with Crippen molar-refractivity contribution in [2.45, 2.75) is 89.2 Å². The molecule has 0 N–H and O–H groups in total. The van der Waals surface area contributed by atoms with E-state index in [4.69, 9.17) is 4.74 Å². The van der Waals surface area contributed by atoms with Crippen LogP contribution in [0.2, 0.25) is 0 Å². The second kappa shape index (κ2) is 7.43. The van der Waals surface area contributed by atoms with Gasteiger partial charge in [-0.3, -0.25) is 9.59 Å². The zero-order valence-electron chi connectivity index (χ0n) is 19.1. The first-order chi connectivity index (χ1) is 14.2. The van der Waals surface area contributed by atoms with Crippen LogP contribution in [0.15, 0.2) is 0 Å². The summed E-state index contributed by atoms with van der Waals surface area (Å²) in [6, 6.07) is 0. The lowest BCUT2D eigenvalue weighted by atomic mass is 9.44. The maximum Gasteiger partial charge on any atom is 0.302 e.